The molecule has 0 amide bonds. The fourth-order valence-corrected chi connectivity index (χ4v) is 4.81. The zero-order valence-electron chi connectivity index (χ0n) is 13.6. The molecule has 0 radical (unpaired) electrons. The van der Waals surface area contributed by atoms with Gasteiger partial charge in [0.1, 0.15) is 0 Å². The molecule has 2 nitrogen and oxygen atoms in total. The third-order valence-corrected chi connectivity index (χ3v) is 6.71. The lowest BCUT2D eigenvalue weighted by atomic mass is 9.69. The van der Waals surface area contributed by atoms with Crippen LogP contribution in [0.2, 0.25) is 0 Å². The zero-order chi connectivity index (χ0) is 14.4. The van der Waals surface area contributed by atoms with E-state index in [4.69, 9.17) is 0 Å². The number of aromatic nitrogens is 1. The van der Waals surface area contributed by atoms with Crippen molar-refractivity contribution in [2.45, 2.75) is 72.5 Å². The first-order chi connectivity index (χ1) is 9.49. The van der Waals surface area contributed by atoms with Gasteiger partial charge in [-0.05, 0) is 54.6 Å². The number of aryl methyl sites for hydroxylation is 1. The van der Waals surface area contributed by atoms with Gasteiger partial charge in [-0.1, -0.05) is 27.7 Å². The topological polar surface area (TPSA) is 17.0 Å². The van der Waals surface area contributed by atoms with Crippen LogP contribution in [0.25, 0.3) is 0 Å². The standard InChI is InChI=1S/C18H30N2/c1-5-10-20-11-6-7-15(20)13-19-16-12-14-8-9-18(16,4)17(14,2)3/h6-7,11,14,16,19H,5,8-10,12-13H2,1-4H3. The fraction of sp³-hybridized carbons (Fsp3) is 0.778. The van der Waals surface area contributed by atoms with Gasteiger partial charge in [0, 0.05) is 31.0 Å². The maximum atomic E-state index is 3.89. The first-order valence-corrected chi connectivity index (χ1v) is 8.36. The second-order valence-corrected chi connectivity index (χ2v) is 7.74. The molecule has 2 saturated carbocycles. The molecule has 1 aromatic heterocycles. The van der Waals surface area contributed by atoms with Gasteiger partial charge in [0.15, 0.2) is 0 Å². The molecule has 3 atom stereocenters. The third kappa shape index (κ3) is 1.95. The molecule has 20 heavy (non-hydrogen) atoms. The molecule has 2 heteroatoms. The van der Waals surface area contributed by atoms with E-state index >= 15 is 0 Å². The van der Waals surface area contributed by atoms with Crippen molar-refractivity contribution in [3.05, 3.63) is 24.0 Å². The van der Waals surface area contributed by atoms with Gasteiger partial charge in [-0.15, -0.1) is 0 Å². The molecule has 3 unspecified atom stereocenters. The molecule has 0 aliphatic heterocycles. The molecule has 2 aliphatic rings. The van der Waals surface area contributed by atoms with Gasteiger partial charge < -0.3 is 9.88 Å². The van der Waals surface area contributed by atoms with Gasteiger partial charge >= 0.3 is 0 Å². The van der Waals surface area contributed by atoms with E-state index in [1.807, 2.05) is 0 Å². The Balaban J connectivity index is 1.67. The van der Waals surface area contributed by atoms with Crippen molar-refractivity contribution in [3.8, 4) is 0 Å². The van der Waals surface area contributed by atoms with E-state index in [9.17, 15) is 0 Å². The Bertz CT molecular complexity index is 474. The van der Waals surface area contributed by atoms with Crippen LogP contribution >= 0.6 is 0 Å². The maximum Gasteiger partial charge on any atom is 0.0361 e. The summed E-state index contributed by atoms with van der Waals surface area (Å²) in [7, 11) is 0. The first-order valence-electron chi connectivity index (χ1n) is 8.36. The van der Waals surface area contributed by atoms with Gasteiger partial charge in [-0.3, -0.25) is 0 Å². The molecule has 1 N–H and O–H groups in total. The highest BCUT2D eigenvalue weighted by Crippen LogP contribution is 2.65. The molecule has 3 rings (SSSR count). The SMILES string of the molecule is CCCn1cccc1CNC1CC2CCC1(C)C2(C)C. The highest BCUT2D eigenvalue weighted by atomic mass is 15.0. The van der Waals surface area contributed by atoms with Crippen molar-refractivity contribution in [1.82, 2.24) is 9.88 Å². The number of rotatable bonds is 5. The van der Waals surface area contributed by atoms with Gasteiger partial charge in [-0.25, -0.2) is 0 Å². The van der Waals surface area contributed by atoms with Crippen LogP contribution in [-0.4, -0.2) is 10.6 Å². The fourth-order valence-electron chi connectivity index (χ4n) is 4.81. The van der Waals surface area contributed by atoms with Crippen LogP contribution in [-0.2, 0) is 13.1 Å². The summed E-state index contributed by atoms with van der Waals surface area (Å²) in [5.41, 5.74) is 2.44. The highest BCUT2D eigenvalue weighted by Gasteiger charge is 2.60. The van der Waals surface area contributed by atoms with Gasteiger partial charge in [0.05, 0.1) is 0 Å². The molecule has 112 valence electrons. The summed E-state index contributed by atoms with van der Waals surface area (Å²) >= 11 is 0. The summed E-state index contributed by atoms with van der Waals surface area (Å²) in [4.78, 5) is 0. The third-order valence-electron chi connectivity index (χ3n) is 6.71. The summed E-state index contributed by atoms with van der Waals surface area (Å²) in [6, 6.07) is 5.14. The Kier molecular flexibility index (Phi) is 3.48. The second-order valence-electron chi connectivity index (χ2n) is 7.74. The van der Waals surface area contributed by atoms with E-state index in [2.05, 4.69) is 55.9 Å². The molecule has 1 heterocycles. The van der Waals surface area contributed by atoms with Crippen LogP contribution in [0.1, 0.15) is 59.1 Å². The van der Waals surface area contributed by atoms with Crippen LogP contribution in [0.15, 0.2) is 18.3 Å². The minimum Gasteiger partial charge on any atom is -0.350 e. The average Bonchev–Trinajstić information content (AvgIpc) is 2.98. The lowest BCUT2D eigenvalue weighted by Crippen LogP contribution is -2.44. The van der Waals surface area contributed by atoms with Gasteiger partial charge in [0.2, 0.25) is 0 Å². The van der Waals surface area contributed by atoms with Crippen molar-refractivity contribution < 1.29 is 0 Å². The molecule has 2 bridgehead atoms. The number of nitrogens with one attached hydrogen (secondary N) is 1. The highest BCUT2D eigenvalue weighted by molar-refractivity contribution is 5.14. The molecule has 0 aromatic carbocycles. The van der Waals surface area contributed by atoms with E-state index in [1.165, 1.54) is 31.4 Å². The van der Waals surface area contributed by atoms with Crippen LogP contribution < -0.4 is 5.32 Å². The van der Waals surface area contributed by atoms with Crippen LogP contribution in [0.4, 0.5) is 0 Å². The summed E-state index contributed by atoms with van der Waals surface area (Å²) in [5, 5.41) is 3.89. The second kappa shape index (κ2) is 4.91. The minimum absolute atomic E-state index is 0.486. The Hall–Kier alpha value is -0.760. The van der Waals surface area contributed by atoms with Crippen molar-refractivity contribution in [2.75, 3.05) is 0 Å². The molecule has 0 spiro atoms. The molecule has 2 fully saturated rings. The number of fused-ring (bicyclic) bond motifs is 2. The average molecular weight is 274 g/mol. The van der Waals surface area contributed by atoms with Crippen molar-refractivity contribution >= 4 is 0 Å². The van der Waals surface area contributed by atoms with E-state index in [0.717, 1.165) is 19.0 Å². The molecule has 1 aromatic rings. The molecule has 2 aliphatic carbocycles. The van der Waals surface area contributed by atoms with Crippen molar-refractivity contribution in [3.63, 3.8) is 0 Å². The van der Waals surface area contributed by atoms with Crippen molar-refractivity contribution in [2.24, 2.45) is 16.7 Å². The van der Waals surface area contributed by atoms with E-state index in [1.54, 1.807) is 0 Å². The number of nitrogens with zero attached hydrogens (tertiary/aromatic N) is 1. The summed E-state index contributed by atoms with van der Waals surface area (Å²) in [5.74, 6) is 0.924. The van der Waals surface area contributed by atoms with Crippen molar-refractivity contribution in [1.29, 1.82) is 0 Å². The van der Waals surface area contributed by atoms with Crippen LogP contribution in [0, 0.1) is 16.7 Å². The maximum absolute atomic E-state index is 3.89. The smallest absolute Gasteiger partial charge is 0.0361 e. The Morgan fingerprint density at radius 1 is 1.35 bits per heavy atom. The first kappa shape index (κ1) is 14.2. The zero-order valence-corrected chi connectivity index (χ0v) is 13.6. The summed E-state index contributed by atoms with van der Waals surface area (Å²) in [6.45, 7) is 11.9. The number of hydrogen-bond donors (Lipinski definition) is 1. The number of hydrogen-bond acceptors (Lipinski definition) is 1. The largest absolute Gasteiger partial charge is 0.350 e. The Morgan fingerprint density at radius 2 is 2.15 bits per heavy atom. The predicted molar refractivity (Wildman–Crippen MR) is 84.6 cm³/mol. The van der Waals surface area contributed by atoms with Crippen LogP contribution in [0.5, 0.6) is 0 Å². The van der Waals surface area contributed by atoms with Gasteiger partial charge in [-0.2, -0.15) is 0 Å². The molecular formula is C18H30N2. The van der Waals surface area contributed by atoms with E-state index < -0.39 is 0 Å². The lowest BCUT2D eigenvalue weighted by molar-refractivity contribution is 0.120. The van der Waals surface area contributed by atoms with Crippen LogP contribution in [0.3, 0.4) is 0 Å². The summed E-state index contributed by atoms with van der Waals surface area (Å²) in [6.07, 6.45) is 7.63. The lowest BCUT2D eigenvalue weighted by Gasteiger charge is -2.39. The molecule has 0 saturated heterocycles. The monoisotopic (exact) mass is 274 g/mol. The normalized spacial score (nSPS) is 34.8. The minimum atomic E-state index is 0.486. The Labute approximate surface area is 123 Å². The molecular weight excluding hydrogens is 244 g/mol. The van der Waals surface area contributed by atoms with E-state index in [0.29, 0.717) is 16.9 Å². The van der Waals surface area contributed by atoms with E-state index in [-0.39, 0.29) is 0 Å². The Morgan fingerprint density at radius 3 is 2.75 bits per heavy atom. The quantitative estimate of drug-likeness (QED) is 0.851. The van der Waals surface area contributed by atoms with Gasteiger partial charge in [0.25, 0.3) is 0 Å². The predicted octanol–water partition coefficient (Wildman–Crippen LogP) is 4.20. The summed E-state index contributed by atoms with van der Waals surface area (Å²) < 4.78 is 2.40.